The molecule has 0 atom stereocenters. The lowest BCUT2D eigenvalue weighted by atomic mass is 10.0. The Kier molecular flexibility index (Phi) is 6.55. The zero-order valence-corrected chi connectivity index (χ0v) is 13.2. The van der Waals surface area contributed by atoms with Gasteiger partial charge in [-0.15, -0.1) is 0 Å². The second-order valence-electron chi connectivity index (χ2n) is 4.83. The predicted molar refractivity (Wildman–Crippen MR) is 91.4 cm³/mol. The van der Waals surface area contributed by atoms with Crippen LogP contribution in [0.5, 0.6) is 11.5 Å². The first-order valence-corrected chi connectivity index (χ1v) is 6.96. The van der Waals surface area contributed by atoms with E-state index in [1.807, 2.05) is 36.4 Å². The van der Waals surface area contributed by atoms with Crippen molar-refractivity contribution < 1.29 is 30.0 Å². The van der Waals surface area contributed by atoms with Crippen LogP contribution in [0.15, 0.2) is 48.5 Å². The molecule has 0 saturated heterocycles. The highest BCUT2D eigenvalue weighted by molar-refractivity contribution is 6.13. The third-order valence-corrected chi connectivity index (χ3v) is 2.88. The van der Waals surface area contributed by atoms with Gasteiger partial charge in [0.2, 0.25) is 0 Å². The Balaban J connectivity index is 0.000000306. The number of aliphatic carboxylic acids is 2. The summed E-state index contributed by atoms with van der Waals surface area (Å²) in [5.41, 5.74) is 0. The molecule has 0 amide bonds. The van der Waals surface area contributed by atoms with Crippen molar-refractivity contribution in [2.45, 2.75) is 13.8 Å². The van der Waals surface area contributed by atoms with Gasteiger partial charge in [-0.2, -0.15) is 0 Å². The summed E-state index contributed by atoms with van der Waals surface area (Å²) in [6.45, 7) is 2.17. The molecule has 6 nitrogen and oxygen atoms in total. The minimum absolute atomic E-state index is 0.0469. The molecule has 0 fully saturated rings. The molecule has 126 valence electrons. The number of benzene rings is 3. The molecule has 0 bridgehead atoms. The van der Waals surface area contributed by atoms with Crippen LogP contribution in [0.3, 0.4) is 0 Å². The lowest BCUT2D eigenvalue weighted by molar-refractivity contribution is -0.135. The van der Waals surface area contributed by atoms with Gasteiger partial charge in [-0.3, -0.25) is 9.59 Å². The molecule has 0 spiro atoms. The molecular formula is C18H18O6. The third-order valence-electron chi connectivity index (χ3n) is 2.88. The van der Waals surface area contributed by atoms with E-state index in [2.05, 4.69) is 0 Å². The average Bonchev–Trinajstić information content (AvgIpc) is 2.52. The summed E-state index contributed by atoms with van der Waals surface area (Å²) in [6.07, 6.45) is 0. The lowest BCUT2D eigenvalue weighted by Crippen LogP contribution is -1.80. The molecule has 3 aromatic carbocycles. The van der Waals surface area contributed by atoms with Crippen molar-refractivity contribution >= 4 is 33.5 Å². The fourth-order valence-electron chi connectivity index (χ4n) is 2.10. The predicted octanol–water partition coefficient (Wildman–Crippen LogP) is 3.59. The maximum Gasteiger partial charge on any atom is 0.300 e. The van der Waals surface area contributed by atoms with Crippen LogP contribution in [-0.4, -0.2) is 32.4 Å². The summed E-state index contributed by atoms with van der Waals surface area (Å²) >= 11 is 0. The SMILES string of the molecule is CC(=O)O.CC(=O)O.Oc1c(O)c2ccccc2c2ccccc12. The fourth-order valence-corrected chi connectivity index (χ4v) is 2.10. The van der Waals surface area contributed by atoms with Gasteiger partial charge in [-0.1, -0.05) is 48.5 Å². The maximum absolute atomic E-state index is 9.91. The summed E-state index contributed by atoms with van der Waals surface area (Å²) < 4.78 is 0. The van der Waals surface area contributed by atoms with Crippen molar-refractivity contribution in [3.63, 3.8) is 0 Å². The highest BCUT2D eigenvalue weighted by atomic mass is 16.4. The molecule has 6 heteroatoms. The zero-order chi connectivity index (χ0) is 18.3. The second kappa shape index (κ2) is 8.38. The summed E-state index contributed by atoms with van der Waals surface area (Å²) in [6, 6.07) is 15.0. The van der Waals surface area contributed by atoms with Crippen molar-refractivity contribution in [2.24, 2.45) is 0 Å². The molecule has 4 N–H and O–H groups in total. The quantitative estimate of drug-likeness (QED) is 0.370. The van der Waals surface area contributed by atoms with Crippen LogP contribution in [0.25, 0.3) is 21.5 Å². The summed E-state index contributed by atoms with van der Waals surface area (Å²) in [7, 11) is 0. The van der Waals surface area contributed by atoms with Crippen molar-refractivity contribution in [1.29, 1.82) is 0 Å². The number of hydrogen-bond donors (Lipinski definition) is 4. The molecule has 3 aromatic rings. The molecule has 0 aliphatic rings. The molecular weight excluding hydrogens is 312 g/mol. The molecule has 0 aliphatic heterocycles. The summed E-state index contributed by atoms with van der Waals surface area (Å²) in [4.78, 5) is 18.0. The monoisotopic (exact) mass is 330 g/mol. The Morgan fingerprint density at radius 1 is 0.625 bits per heavy atom. The minimum atomic E-state index is -0.833. The van der Waals surface area contributed by atoms with E-state index in [1.165, 1.54) is 0 Å². The number of phenolic OH excluding ortho intramolecular Hbond substituents is 2. The number of aromatic hydroxyl groups is 2. The van der Waals surface area contributed by atoms with Gasteiger partial charge in [0.25, 0.3) is 11.9 Å². The molecule has 3 rings (SSSR count). The zero-order valence-electron chi connectivity index (χ0n) is 13.2. The lowest BCUT2D eigenvalue weighted by Gasteiger charge is -2.08. The van der Waals surface area contributed by atoms with Gasteiger partial charge in [-0.05, 0) is 10.8 Å². The van der Waals surface area contributed by atoms with E-state index in [0.29, 0.717) is 10.8 Å². The van der Waals surface area contributed by atoms with Gasteiger partial charge in [-0.25, -0.2) is 0 Å². The van der Waals surface area contributed by atoms with Crippen LogP contribution < -0.4 is 0 Å². The van der Waals surface area contributed by atoms with Gasteiger partial charge < -0.3 is 20.4 Å². The summed E-state index contributed by atoms with van der Waals surface area (Å²) in [5, 5.41) is 37.9. The maximum atomic E-state index is 9.91. The molecule has 0 radical (unpaired) electrons. The first-order valence-electron chi connectivity index (χ1n) is 6.96. The van der Waals surface area contributed by atoms with Crippen molar-refractivity contribution in [1.82, 2.24) is 0 Å². The van der Waals surface area contributed by atoms with Gasteiger partial charge >= 0.3 is 0 Å². The van der Waals surface area contributed by atoms with Gasteiger partial charge in [0.15, 0.2) is 11.5 Å². The van der Waals surface area contributed by atoms with Crippen LogP contribution in [0.2, 0.25) is 0 Å². The topological polar surface area (TPSA) is 115 Å². The van der Waals surface area contributed by atoms with Crippen LogP contribution in [-0.2, 0) is 9.59 Å². The average molecular weight is 330 g/mol. The van der Waals surface area contributed by atoms with Gasteiger partial charge in [0, 0.05) is 24.6 Å². The Morgan fingerprint density at radius 2 is 0.833 bits per heavy atom. The van der Waals surface area contributed by atoms with E-state index in [9.17, 15) is 10.2 Å². The Morgan fingerprint density at radius 3 is 1.08 bits per heavy atom. The normalized spacial score (nSPS) is 9.42. The molecule has 0 unspecified atom stereocenters. The number of carbonyl (C=O) groups is 2. The van der Waals surface area contributed by atoms with Crippen molar-refractivity contribution in [3.05, 3.63) is 48.5 Å². The highest BCUT2D eigenvalue weighted by Crippen LogP contribution is 2.41. The minimum Gasteiger partial charge on any atom is -0.504 e. The largest absolute Gasteiger partial charge is 0.504 e. The number of fused-ring (bicyclic) bond motifs is 3. The second-order valence-corrected chi connectivity index (χ2v) is 4.83. The van der Waals surface area contributed by atoms with E-state index in [4.69, 9.17) is 19.8 Å². The van der Waals surface area contributed by atoms with Crippen LogP contribution >= 0.6 is 0 Å². The molecule has 0 aliphatic carbocycles. The van der Waals surface area contributed by atoms with Crippen LogP contribution in [0, 0.1) is 0 Å². The van der Waals surface area contributed by atoms with Gasteiger partial charge in [0.1, 0.15) is 0 Å². The Bertz CT molecular complexity index is 789. The van der Waals surface area contributed by atoms with E-state index in [1.54, 1.807) is 12.1 Å². The van der Waals surface area contributed by atoms with E-state index < -0.39 is 11.9 Å². The summed E-state index contributed by atoms with van der Waals surface area (Å²) in [5.74, 6) is -1.76. The Hall–Kier alpha value is -3.28. The van der Waals surface area contributed by atoms with E-state index in [0.717, 1.165) is 24.6 Å². The standard InChI is InChI=1S/C14H10O2.2C2H4O2/c15-13-11-7-3-1-5-9(11)10-6-2-4-8-12(10)14(13)16;2*1-2(3)4/h1-8,15-16H;2*1H3,(H,3,4). The third kappa shape index (κ3) is 4.88. The number of carboxylic acids is 2. The van der Waals surface area contributed by atoms with Crippen molar-refractivity contribution in [2.75, 3.05) is 0 Å². The van der Waals surface area contributed by atoms with Crippen LogP contribution in [0.1, 0.15) is 13.8 Å². The number of rotatable bonds is 0. The fraction of sp³-hybridized carbons (Fsp3) is 0.111. The number of phenols is 2. The molecule has 0 heterocycles. The van der Waals surface area contributed by atoms with Crippen LogP contribution in [0.4, 0.5) is 0 Å². The Labute approximate surface area is 138 Å². The smallest absolute Gasteiger partial charge is 0.300 e. The molecule has 24 heavy (non-hydrogen) atoms. The molecule has 0 aromatic heterocycles. The first kappa shape index (κ1) is 18.8. The van der Waals surface area contributed by atoms with Crippen molar-refractivity contribution in [3.8, 4) is 11.5 Å². The van der Waals surface area contributed by atoms with E-state index in [-0.39, 0.29) is 11.5 Å². The highest BCUT2D eigenvalue weighted by Gasteiger charge is 2.11. The number of carboxylic acid groups (broad SMARTS) is 2. The first-order chi connectivity index (χ1) is 11.3. The number of hydrogen-bond acceptors (Lipinski definition) is 4. The van der Waals surface area contributed by atoms with E-state index >= 15 is 0 Å². The molecule has 0 saturated carbocycles. The van der Waals surface area contributed by atoms with Gasteiger partial charge in [0.05, 0.1) is 0 Å².